The first-order valence-electron chi connectivity index (χ1n) is 14.7. The van der Waals surface area contributed by atoms with Crippen molar-refractivity contribution >= 4 is 43.3 Å². The fraction of sp³-hybridized carbons (Fsp3) is 0.270. The molecule has 0 spiro atoms. The van der Waals surface area contributed by atoms with Crippen LogP contribution in [-0.2, 0) is 13.0 Å². The SMILES string of the molecule is Cc1ccc2c(c1)sc1c3c(ccc12)C[n+]1c2c(n(C4=CCC(c5ccccc5)C=C4C(C)(C)C)c1-3)CCC=C2. The number of aromatic nitrogens is 2. The zero-order valence-corrected chi connectivity index (χ0v) is 24.6. The molecular weight excluding hydrogens is 504 g/mol. The van der Waals surface area contributed by atoms with Gasteiger partial charge in [0.15, 0.2) is 11.4 Å². The van der Waals surface area contributed by atoms with Crippen LogP contribution in [0.1, 0.15) is 67.6 Å². The van der Waals surface area contributed by atoms with Crippen LogP contribution >= 0.6 is 11.3 Å². The summed E-state index contributed by atoms with van der Waals surface area (Å²) in [5.41, 5.74) is 11.4. The van der Waals surface area contributed by atoms with Gasteiger partial charge in [0.25, 0.3) is 5.82 Å². The van der Waals surface area contributed by atoms with Crippen molar-refractivity contribution in [2.75, 3.05) is 0 Å². The number of imidazole rings is 1. The Hall–Kier alpha value is -3.69. The highest BCUT2D eigenvalue weighted by atomic mass is 32.1. The summed E-state index contributed by atoms with van der Waals surface area (Å²) in [4.78, 5) is 0. The number of allylic oxidation sites excluding steroid dienone is 5. The number of hydrogen-bond donors (Lipinski definition) is 0. The van der Waals surface area contributed by atoms with Crippen LogP contribution in [0.15, 0.2) is 84.5 Å². The minimum Gasteiger partial charge on any atom is -0.218 e. The van der Waals surface area contributed by atoms with Crippen molar-refractivity contribution in [1.82, 2.24) is 4.57 Å². The van der Waals surface area contributed by atoms with Gasteiger partial charge in [-0.15, -0.1) is 11.3 Å². The van der Waals surface area contributed by atoms with Crippen molar-refractivity contribution < 1.29 is 4.57 Å². The van der Waals surface area contributed by atoms with Gasteiger partial charge in [0.2, 0.25) is 0 Å². The third-order valence-electron chi connectivity index (χ3n) is 9.07. The summed E-state index contributed by atoms with van der Waals surface area (Å²) in [6, 6.07) is 22.7. The highest BCUT2D eigenvalue weighted by Gasteiger charge is 2.42. The molecule has 8 rings (SSSR count). The maximum atomic E-state index is 2.68. The summed E-state index contributed by atoms with van der Waals surface area (Å²) < 4.78 is 8.11. The van der Waals surface area contributed by atoms with Gasteiger partial charge < -0.3 is 0 Å². The largest absolute Gasteiger partial charge is 0.296 e. The van der Waals surface area contributed by atoms with E-state index in [1.165, 1.54) is 70.9 Å². The number of fused-ring (bicyclic) bond motifs is 9. The van der Waals surface area contributed by atoms with Crippen LogP contribution in [0.2, 0.25) is 0 Å². The van der Waals surface area contributed by atoms with Gasteiger partial charge in [-0.05, 0) is 54.5 Å². The van der Waals surface area contributed by atoms with Crippen molar-refractivity contribution in [2.24, 2.45) is 5.41 Å². The Kier molecular flexibility index (Phi) is 5.22. The molecule has 198 valence electrons. The molecule has 1 unspecified atom stereocenters. The molecule has 2 nitrogen and oxygen atoms in total. The summed E-state index contributed by atoms with van der Waals surface area (Å²) in [7, 11) is 0. The topological polar surface area (TPSA) is 8.81 Å². The van der Waals surface area contributed by atoms with E-state index in [1.54, 1.807) is 0 Å². The van der Waals surface area contributed by atoms with Crippen molar-refractivity contribution in [3.8, 4) is 11.4 Å². The molecule has 0 saturated heterocycles. The number of thiophene rings is 1. The Morgan fingerprint density at radius 1 is 0.975 bits per heavy atom. The highest BCUT2D eigenvalue weighted by molar-refractivity contribution is 7.26. The summed E-state index contributed by atoms with van der Waals surface area (Å²) in [6.45, 7) is 10.3. The fourth-order valence-corrected chi connectivity index (χ4v) is 8.52. The molecule has 1 aliphatic heterocycles. The lowest BCUT2D eigenvalue weighted by atomic mass is 9.77. The van der Waals surface area contributed by atoms with Crippen molar-refractivity contribution in [2.45, 2.75) is 59.4 Å². The van der Waals surface area contributed by atoms with Crippen molar-refractivity contribution in [3.63, 3.8) is 0 Å². The minimum atomic E-state index is 0.0288. The van der Waals surface area contributed by atoms with Gasteiger partial charge in [-0.25, -0.2) is 4.57 Å². The lowest BCUT2D eigenvalue weighted by molar-refractivity contribution is -0.672. The van der Waals surface area contributed by atoms with Gasteiger partial charge in [0, 0.05) is 38.9 Å². The van der Waals surface area contributed by atoms with Crippen LogP contribution in [0.3, 0.4) is 0 Å². The molecule has 3 aliphatic rings. The van der Waals surface area contributed by atoms with Crippen LogP contribution in [0.25, 0.3) is 43.3 Å². The maximum absolute atomic E-state index is 2.68. The van der Waals surface area contributed by atoms with Gasteiger partial charge in [-0.2, -0.15) is 4.57 Å². The molecule has 0 amide bonds. The van der Waals surface area contributed by atoms with E-state index in [4.69, 9.17) is 0 Å². The van der Waals surface area contributed by atoms with Crippen LogP contribution in [0, 0.1) is 12.3 Å². The predicted octanol–water partition coefficient (Wildman–Crippen LogP) is 9.44. The van der Waals surface area contributed by atoms with E-state index in [0.717, 1.165) is 25.8 Å². The Morgan fingerprint density at radius 2 is 1.80 bits per heavy atom. The van der Waals surface area contributed by atoms with Crippen molar-refractivity contribution in [3.05, 3.63) is 113 Å². The van der Waals surface area contributed by atoms with E-state index in [0.29, 0.717) is 5.92 Å². The van der Waals surface area contributed by atoms with Crippen LogP contribution in [0.4, 0.5) is 0 Å². The molecule has 0 fully saturated rings. The van der Waals surface area contributed by atoms with Gasteiger partial charge >= 0.3 is 0 Å². The molecule has 0 saturated carbocycles. The standard InChI is InChI=1S/C37H35N2S/c1-23-14-17-27-28-18-15-26-22-38-31-12-8-9-13-32(31)39(36(38)34(26)35(28)40-33(27)20-23)30-19-16-25(21-29(30)37(2,3)4)24-10-6-5-7-11-24/h5-8,10-12,14-15,17-21,25H,9,13,16,22H2,1-4H3/q+1. The first-order valence-corrected chi connectivity index (χ1v) is 15.5. The minimum absolute atomic E-state index is 0.0288. The Balaban J connectivity index is 1.39. The summed E-state index contributed by atoms with van der Waals surface area (Å²) in [6.07, 6.45) is 13.1. The lowest BCUT2D eigenvalue weighted by Gasteiger charge is -2.30. The Morgan fingerprint density at radius 3 is 2.62 bits per heavy atom. The zero-order chi connectivity index (χ0) is 27.2. The molecule has 0 N–H and O–H groups in total. The number of benzene rings is 3. The van der Waals surface area contributed by atoms with Crippen LogP contribution in [-0.4, -0.2) is 4.57 Å². The molecule has 3 aromatic carbocycles. The van der Waals surface area contributed by atoms with E-state index in [1.807, 2.05) is 11.3 Å². The molecule has 40 heavy (non-hydrogen) atoms. The number of aryl methyl sites for hydroxylation is 1. The van der Waals surface area contributed by atoms with Gasteiger partial charge in [-0.1, -0.05) is 87.5 Å². The van der Waals surface area contributed by atoms with Gasteiger partial charge in [-0.3, -0.25) is 0 Å². The van der Waals surface area contributed by atoms with E-state index in [9.17, 15) is 0 Å². The van der Waals surface area contributed by atoms with Gasteiger partial charge in [0.1, 0.15) is 12.2 Å². The van der Waals surface area contributed by atoms with Crippen LogP contribution < -0.4 is 4.57 Å². The molecule has 3 heterocycles. The number of nitrogens with zero attached hydrogens (tertiary/aromatic N) is 2. The second-order valence-corrected chi connectivity index (χ2v) is 13.8. The molecule has 1 atom stereocenters. The Bertz CT molecular complexity index is 1940. The first kappa shape index (κ1) is 24.1. The summed E-state index contributed by atoms with van der Waals surface area (Å²) >= 11 is 1.97. The smallest absolute Gasteiger partial charge is 0.218 e. The molecule has 0 radical (unpaired) electrons. The number of rotatable bonds is 2. The second kappa shape index (κ2) is 8.65. The summed E-state index contributed by atoms with van der Waals surface area (Å²) in [5.74, 6) is 1.79. The highest BCUT2D eigenvalue weighted by Crippen LogP contribution is 2.48. The maximum Gasteiger partial charge on any atom is 0.296 e. The normalized spacial score (nSPS) is 18.1. The summed E-state index contributed by atoms with van der Waals surface area (Å²) in [5, 5.41) is 2.77. The average Bonchev–Trinajstić information content (AvgIpc) is 3.61. The molecule has 5 aromatic rings. The molecule has 2 aromatic heterocycles. The van der Waals surface area contributed by atoms with E-state index in [2.05, 4.69) is 122 Å². The number of hydrogen-bond acceptors (Lipinski definition) is 1. The second-order valence-electron chi connectivity index (χ2n) is 12.8. The predicted molar refractivity (Wildman–Crippen MR) is 170 cm³/mol. The van der Waals surface area contributed by atoms with E-state index >= 15 is 0 Å². The first-order chi connectivity index (χ1) is 19.4. The average molecular weight is 540 g/mol. The third kappa shape index (κ3) is 3.50. The lowest BCUT2D eigenvalue weighted by Crippen LogP contribution is -2.34. The van der Waals surface area contributed by atoms with E-state index < -0.39 is 0 Å². The zero-order valence-electron chi connectivity index (χ0n) is 23.8. The van der Waals surface area contributed by atoms with Gasteiger partial charge in [0.05, 0.1) is 10.3 Å². The van der Waals surface area contributed by atoms with Crippen molar-refractivity contribution in [1.29, 1.82) is 0 Å². The molecule has 3 heteroatoms. The molecular formula is C37H35N2S+. The Labute approximate surface area is 240 Å². The quantitative estimate of drug-likeness (QED) is 0.194. The monoisotopic (exact) mass is 539 g/mol. The molecule has 2 aliphatic carbocycles. The molecule has 0 bridgehead atoms. The third-order valence-corrected chi connectivity index (χ3v) is 10.3. The van der Waals surface area contributed by atoms with Crippen LogP contribution in [0.5, 0.6) is 0 Å². The fourth-order valence-electron chi connectivity index (χ4n) is 7.16. The van der Waals surface area contributed by atoms with E-state index in [-0.39, 0.29) is 5.41 Å².